The second-order valence-corrected chi connectivity index (χ2v) is 5.96. The van der Waals surface area contributed by atoms with Gasteiger partial charge in [0, 0.05) is 37.1 Å². The fourth-order valence-electron chi connectivity index (χ4n) is 2.30. The molecule has 1 N–H and O–H groups in total. The van der Waals surface area contributed by atoms with E-state index >= 15 is 0 Å². The third-order valence-electron chi connectivity index (χ3n) is 3.47. The number of nitrogens with one attached hydrogen (secondary N) is 1. The van der Waals surface area contributed by atoms with Gasteiger partial charge in [-0.1, -0.05) is 29.8 Å². The Bertz CT molecular complexity index is 536. The molecule has 116 valence electrons. The molecule has 0 unspecified atom stereocenters. The van der Waals surface area contributed by atoms with Crippen LogP contribution in [0.4, 0.5) is 0 Å². The molecule has 1 aliphatic rings. The van der Waals surface area contributed by atoms with Crippen LogP contribution in [0.25, 0.3) is 11.3 Å². The van der Waals surface area contributed by atoms with Crippen LogP contribution in [0.15, 0.2) is 29.6 Å². The topological polar surface area (TPSA) is 28.2 Å². The Labute approximate surface area is 142 Å². The minimum Gasteiger partial charge on any atom is -0.314 e. The van der Waals surface area contributed by atoms with Gasteiger partial charge in [-0.3, -0.25) is 4.90 Å². The van der Waals surface area contributed by atoms with Crippen LogP contribution < -0.4 is 5.32 Å². The Balaban J connectivity index is 0.00000110. The van der Waals surface area contributed by atoms with E-state index < -0.39 is 0 Å². The summed E-state index contributed by atoms with van der Waals surface area (Å²) in [7, 11) is 0. The first kappa shape index (κ1) is 18.4. The van der Waals surface area contributed by atoms with Crippen molar-refractivity contribution in [3.8, 4) is 11.3 Å². The van der Waals surface area contributed by atoms with Crippen molar-refractivity contribution in [2.45, 2.75) is 13.5 Å². The van der Waals surface area contributed by atoms with Gasteiger partial charge in [0.25, 0.3) is 0 Å². The average molecular weight is 346 g/mol. The predicted octanol–water partition coefficient (Wildman–Crippen LogP) is 3.37. The number of rotatable bonds is 3. The van der Waals surface area contributed by atoms with E-state index in [0.29, 0.717) is 0 Å². The number of aromatic nitrogens is 1. The van der Waals surface area contributed by atoms with E-state index in [4.69, 9.17) is 4.98 Å². The highest BCUT2D eigenvalue weighted by molar-refractivity contribution is 7.09. The summed E-state index contributed by atoms with van der Waals surface area (Å²) in [5, 5.41) is 6.77. The molecule has 1 aromatic carbocycles. The molecule has 1 fully saturated rings. The minimum atomic E-state index is 0. The zero-order valence-electron chi connectivity index (χ0n) is 12.0. The van der Waals surface area contributed by atoms with Crippen LogP contribution in [-0.2, 0) is 6.54 Å². The number of nitrogens with zero attached hydrogens (tertiary/aromatic N) is 2. The molecule has 0 amide bonds. The van der Waals surface area contributed by atoms with Crippen LogP contribution in [0.1, 0.15) is 10.6 Å². The first-order valence-corrected chi connectivity index (χ1v) is 7.64. The van der Waals surface area contributed by atoms with Gasteiger partial charge < -0.3 is 5.32 Å². The molecule has 6 heteroatoms. The molecule has 0 saturated carbocycles. The molecule has 2 heterocycles. The number of benzene rings is 1. The maximum Gasteiger partial charge on any atom is 0.107 e. The van der Waals surface area contributed by atoms with Crippen molar-refractivity contribution < 1.29 is 0 Å². The van der Waals surface area contributed by atoms with Crippen LogP contribution in [0.3, 0.4) is 0 Å². The summed E-state index contributed by atoms with van der Waals surface area (Å²) in [6.07, 6.45) is 0. The third-order valence-corrected chi connectivity index (χ3v) is 4.30. The number of hydrogen-bond donors (Lipinski definition) is 1. The molecule has 0 aliphatic carbocycles. The summed E-state index contributed by atoms with van der Waals surface area (Å²) in [6, 6.07) is 8.59. The Morgan fingerprint density at radius 1 is 1.14 bits per heavy atom. The fraction of sp³-hybridized carbons (Fsp3) is 0.400. The zero-order chi connectivity index (χ0) is 13.1. The SMILES string of the molecule is Cc1ccc(-c2csc(CN3CCNCC3)n2)cc1.Cl.Cl. The van der Waals surface area contributed by atoms with Crippen LogP contribution in [-0.4, -0.2) is 36.1 Å². The van der Waals surface area contributed by atoms with Gasteiger partial charge in [-0.25, -0.2) is 4.98 Å². The van der Waals surface area contributed by atoms with Gasteiger partial charge in [-0.05, 0) is 6.92 Å². The number of halogens is 2. The predicted molar refractivity (Wildman–Crippen MR) is 94.9 cm³/mol. The van der Waals surface area contributed by atoms with Crippen molar-refractivity contribution in [3.05, 3.63) is 40.2 Å². The van der Waals surface area contributed by atoms with Gasteiger partial charge in [0.2, 0.25) is 0 Å². The van der Waals surface area contributed by atoms with Crippen LogP contribution in [0.5, 0.6) is 0 Å². The number of aryl methyl sites for hydroxylation is 1. The fourth-order valence-corrected chi connectivity index (χ4v) is 3.15. The highest BCUT2D eigenvalue weighted by Gasteiger charge is 2.12. The molecule has 3 rings (SSSR count). The largest absolute Gasteiger partial charge is 0.314 e. The lowest BCUT2D eigenvalue weighted by atomic mass is 10.1. The molecule has 0 atom stereocenters. The molecule has 3 nitrogen and oxygen atoms in total. The molecule has 1 aliphatic heterocycles. The maximum absolute atomic E-state index is 4.76. The normalized spacial score (nSPS) is 15.1. The Kier molecular flexibility index (Phi) is 7.63. The van der Waals surface area contributed by atoms with Crippen molar-refractivity contribution in [3.63, 3.8) is 0 Å². The molecule has 0 spiro atoms. The highest BCUT2D eigenvalue weighted by atomic mass is 35.5. The lowest BCUT2D eigenvalue weighted by Gasteiger charge is -2.26. The average Bonchev–Trinajstić information content (AvgIpc) is 2.89. The summed E-state index contributed by atoms with van der Waals surface area (Å²) in [5.74, 6) is 0. The number of piperazine rings is 1. The molecule has 1 aromatic heterocycles. The van der Waals surface area contributed by atoms with Crippen LogP contribution in [0.2, 0.25) is 0 Å². The Morgan fingerprint density at radius 2 is 1.81 bits per heavy atom. The second-order valence-electron chi connectivity index (χ2n) is 5.02. The first-order valence-electron chi connectivity index (χ1n) is 6.76. The summed E-state index contributed by atoms with van der Waals surface area (Å²) >= 11 is 1.77. The highest BCUT2D eigenvalue weighted by Crippen LogP contribution is 2.23. The zero-order valence-corrected chi connectivity index (χ0v) is 14.5. The van der Waals surface area contributed by atoms with Gasteiger partial charge >= 0.3 is 0 Å². The molecule has 21 heavy (non-hydrogen) atoms. The lowest BCUT2D eigenvalue weighted by Crippen LogP contribution is -2.42. The summed E-state index contributed by atoms with van der Waals surface area (Å²) in [5.41, 5.74) is 3.61. The van der Waals surface area contributed by atoms with E-state index in [1.807, 2.05) is 0 Å². The van der Waals surface area contributed by atoms with Gasteiger partial charge in [-0.15, -0.1) is 36.2 Å². The van der Waals surface area contributed by atoms with E-state index in [1.165, 1.54) is 16.1 Å². The molecular formula is C15H21Cl2N3S. The van der Waals surface area contributed by atoms with Crippen LogP contribution in [0, 0.1) is 6.92 Å². The van der Waals surface area contributed by atoms with Crippen molar-refractivity contribution >= 4 is 36.2 Å². The van der Waals surface area contributed by atoms with E-state index in [1.54, 1.807) is 11.3 Å². The van der Waals surface area contributed by atoms with Crippen molar-refractivity contribution in [1.82, 2.24) is 15.2 Å². The first-order chi connectivity index (χ1) is 9.31. The van der Waals surface area contributed by atoms with Gasteiger partial charge in [0.05, 0.1) is 12.2 Å². The van der Waals surface area contributed by atoms with E-state index in [9.17, 15) is 0 Å². The molecule has 1 saturated heterocycles. The van der Waals surface area contributed by atoms with E-state index in [2.05, 4.69) is 46.8 Å². The number of thiazole rings is 1. The minimum absolute atomic E-state index is 0. The van der Waals surface area contributed by atoms with Crippen molar-refractivity contribution in [1.29, 1.82) is 0 Å². The quantitative estimate of drug-likeness (QED) is 0.924. The Morgan fingerprint density at radius 3 is 2.48 bits per heavy atom. The maximum atomic E-state index is 4.76. The lowest BCUT2D eigenvalue weighted by molar-refractivity contribution is 0.233. The smallest absolute Gasteiger partial charge is 0.107 e. The molecular weight excluding hydrogens is 325 g/mol. The van der Waals surface area contributed by atoms with E-state index in [0.717, 1.165) is 38.4 Å². The Hall–Kier alpha value is -0.650. The molecule has 0 radical (unpaired) electrons. The summed E-state index contributed by atoms with van der Waals surface area (Å²) in [4.78, 5) is 7.23. The van der Waals surface area contributed by atoms with Crippen molar-refractivity contribution in [2.75, 3.05) is 26.2 Å². The number of hydrogen-bond acceptors (Lipinski definition) is 4. The molecule has 2 aromatic rings. The van der Waals surface area contributed by atoms with E-state index in [-0.39, 0.29) is 24.8 Å². The standard InChI is InChI=1S/C15H19N3S.2ClH/c1-12-2-4-13(5-3-12)14-11-19-15(17-14)10-18-8-6-16-7-9-18;;/h2-5,11,16H,6-10H2,1H3;2*1H. The van der Waals surface area contributed by atoms with Gasteiger partial charge in [0.1, 0.15) is 5.01 Å². The monoisotopic (exact) mass is 345 g/mol. The summed E-state index contributed by atoms with van der Waals surface area (Å²) in [6.45, 7) is 7.53. The summed E-state index contributed by atoms with van der Waals surface area (Å²) < 4.78 is 0. The third kappa shape index (κ3) is 4.94. The second kappa shape index (κ2) is 8.71. The molecule has 0 bridgehead atoms. The van der Waals surface area contributed by atoms with Crippen molar-refractivity contribution in [2.24, 2.45) is 0 Å². The van der Waals surface area contributed by atoms with Gasteiger partial charge in [0.15, 0.2) is 0 Å². The van der Waals surface area contributed by atoms with Gasteiger partial charge in [-0.2, -0.15) is 0 Å². The van der Waals surface area contributed by atoms with Crippen LogP contribution >= 0.6 is 36.2 Å².